The molecule has 0 spiro atoms. The third-order valence-corrected chi connectivity index (χ3v) is 4.92. The maximum atomic E-state index is 14.0. The summed E-state index contributed by atoms with van der Waals surface area (Å²) < 4.78 is 19.7. The number of rotatable bonds is 5. The van der Waals surface area contributed by atoms with Gasteiger partial charge in [0.05, 0.1) is 18.2 Å². The number of carbonyl (C=O) groups is 1. The zero-order valence-electron chi connectivity index (χ0n) is 12.5. The summed E-state index contributed by atoms with van der Waals surface area (Å²) in [5.41, 5.74) is 0.00653. The van der Waals surface area contributed by atoms with Crippen molar-refractivity contribution in [3.8, 4) is 0 Å². The van der Waals surface area contributed by atoms with E-state index in [9.17, 15) is 9.18 Å². The second-order valence-electron chi connectivity index (χ2n) is 5.52. The summed E-state index contributed by atoms with van der Waals surface area (Å²) in [7, 11) is 0. The second-order valence-corrected chi connectivity index (χ2v) is 6.99. The van der Waals surface area contributed by atoms with Gasteiger partial charge in [0.1, 0.15) is 5.82 Å². The molecule has 2 heterocycles. The molecule has 3 rings (SSSR count). The van der Waals surface area contributed by atoms with Crippen LogP contribution < -0.4 is 0 Å². The first-order valence-electron chi connectivity index (χ1n) is 7.52. The number of thiophene rings is 1. The first-order valence-corrected chi connectivity index (χ1v) is 8.77. The predicted octanol–water partition coefficient (Wildman–Crippen LogP) is 4.36. The highest BCUT2D eigenvalue weighted by Crippen LogP contribution is 2.22. The van der Waals surface area contributed by atoms with Gasteiger partial charge in [-0.3, -0.25) is 4.79 Å². The van der Waals surface area contributed by atoms with Crippen molar-refractivity contribution in [3.05, 3.63) is 57.0 Å². The first-order chi connectivity index (χ1) is 11.1. The molecule has 0 aliphatic carbocycles. The van der Waals surface area contributed by atoms with Crippen molar-refractivity contribution < 1.29 is 13.9 Å². The van der Waals surface area contributed by atoms with E-state index in [1.807, 2.05) is 17.5 Å². The van der Waals surface area contributed by atoms with Gasteiger partial charge in [-0.05, 0) is 42.5 Å². The Hall–Kier alpha value is -1.43. The molecule has 0 unspecified atom stereocenters. The maximum absolute atomic E-state index is 14.0. The van der Waals surface area contributed by atoms with Crippen LogP contribution in [0.5, 0.6) is 0 Å². The van der Waals surface area contributed by atoms with Crippen molar-refractivity contribution in [1.82, 2.24) is 4.90 Å². The molecule has 0 radical (unpaired) electrons. The van der Waals surface area contributed by atoms with Gasteiger partial charge in [-0.15, -0.1) is 11.3 Å². The van der Waals surface area contributed by atoms with Gasteiger partial charge in [-0.25, -0.2) is 4.39 Å². The Labute approximate surface area is 143 Å². The lowest BCUT2D eigenvalue weighted by Gasteiger charge is -2.25. The van der Waals surface area contributed by atoms with Crippen molar-refractivity contribution >= 4 is 28.8 Å². The van der Waals surface area contributed by atoms with Gasteiger partial charge in [-0.1, -0.05) is 17.7 Å². The quantitative estimate of drug-likeness (QED) is 0.799. The fourth-order valence-electron chi connectivity index (χ4n) is 2.68. The summed E-state index contributed by atoms with van der Waals surface area (Å²) in [5.74, 6) is -0.906. The van der Waals surface area contributed by atoms with Crippen LogP contribution in [0.4, 0.5) is 4.39 Å². The third-order valence-electron chi connectivity index (χ3n) is 3.82. The molecular formula is C17H17ClFNO2S. The van der Waals surface area contributed by atoms with Crippen LogP contribution in [0.15, 0.2) is 35.7 Å². The average Bonchev–Trinajstić information content (AvgIpc) is 3.22. The monoisotopic (exact) mass is 353 g/mol. The molecule has 1 aromatic heterocycles. The van der Waals surface area contributed by atoms with E-state index in [1.54, 1.807) is 16.2 Å². The van der Waals surface area contributed by atoms with Crippen LogP contribution in [0, 0.1) is 5.82 Å². The largest absolute Gasteiger partial charge is 0.376 e. The van der Waals surface area contributed by atoms with E-state index in [-0.39, 0.29) is 17.6 Å². The standard InChI is InChI=1S/C17H17ClFNO2S/c18-12-5-6-16(19)15(9-12)17(21)20(10-13-3-1-7-22-13)11-14-4-2-8-23-14/h2,4-6,8-9,13H,1,3,7,10-11H2/t13-/m1/s1. The zero-order valence-corrected chi connectivity index (χ0v) is 14.1. The molecule has 1 aliphatic rings. The molecular weight excluding hydrogens is 337 g/mol. The molecule has 1 fully saturated rings. The molecule has 1 amide bonds. The molecule has 0 bridgehead atoms. The fraction of sp³-hybridized carbons (Fsp3) is 0.353. The van der Waals surface area contributed by atoms with E-state index in [4.69, 9.17) is 16.3 Å². The summed E-state index contributed by atoms with van der Waals surface area (Å²) in [4.78, 5) is 15.5. The number of ether oxygens (including phenoxy) is 1. The summed E-state index contributed by atoms with van der Waals surface area (Å²) in [5, 5.41) is 2.31. The lowest BCUT2D eigenvalue weighted by molar-refractivity contribution is 0.0506. The highest BCUT2D eigenvalue weighted by Gasteiger charge is 2.25. The minimum absolute atomic E-state index is 0.00653. The summed E-state index contributed by atoms with van der Waals surface area (Å²) in [6, 6.07) is 7.96. The van der Waals surface area contributed by atoms with E-state index in [0.29, 0.717) is 18.1 Å². The smallest absolute Gasteiger partial charge is 0.257 e. The molecule has 23 heavy (non-hydrogen) atoms. The Bertz CT molecular complexity index is 671. The second kappa shape index (κ2) is 7.43. The third kappa shape index (κ3) is 4.10. The van der Waals surface area contributed by atoms with Crippen molar-refractivity contribution in [1.29, 1.82) is 0 Å². The molecule has 1 atom stereocenters. The average molecular weight is 354 g/mol. The Kier molecular flexibility index (Phi) is 5.30. The fourth-order valence-corrected chi connectivity index (χ4v) is 3.57. The lowest BCUT2D eigenvalue weighted by Crippen LogP contribution is -2.37. The minimum Gasteiger partial charge on any atom is -0.376 e. The van der Waals surface area contributed by atoms with Crippen LogP contribution in [-0.2, 0) is 11.3 Å². The summed E-state index contributed by atoms with van der Waals surface area (Å²) >= 11 is 7.49. The van der Waals surface area contributed by atoms with E-state index in [2.05, 4.69) is 0 Å². The highest BCUT2D eigenvalue weighted by atomic mass is 35.5. The van der Waals surface area contributed by atoms with Crippen LogP contribution in [0.25, 0.3) is 0 Å². The SMILES string of the molecule is O=C(c1cc(Cl)ccc1F)N(Cc1cccs1)C[C@H]1CCCO1. The molecule has 6 heteroatoms. The topological polar surface area (TPSA) is 29.5 Å². The van der Waals surface area contributed by atoms with Gasteiger partial charge in [-0.2, -0.15) is 0 Å². The highest BCUT2D eigenvalue weighted by molar-refractivity contribution is 7.09. The van der Waals surface area contributed by atoms with Crippen LogP contribution in [0.3, 0.4) is 0 Å². The Morgan fingerprint density at radius 1 is 1.43 bits per heavy atom. The number of benzene rings is 1. The molecule has 0 saturated carbocycles. The van der Waals surface area contributed by atoms with Gasteiger partial charge < -0.3 is 9.64 Å². The molecule has 1 saturated heterocycles. The first kappa shape index (κ1) is 16.4. The minimum atomic E-state index is -0.553. The number of amides is 1. The number of halogens is 2. The van der Waals surface area contributed by atoms with Crippen molar-refractivity contribution in [2.24, 2.45) is 0 Å². The maximum Gasteiger partial charge on any atom is 0.257 e. The summed E-state index contributed by atoms with van der Waals surface area (Å²) in [6.45, 7) is 1.63. The zero-order chi connectivity index (χ0) is 16.2. The van der Waals surface area contributed by atoms with Crippen molar-refractivity contribution in [2.75, 3.05) is 13.2 Å². The van der Waals surface area contributed by atoms with Crippen molar-refractivity contribution in [2.45, 2.75) is 25.5 Å². The number of hydrogen-bond acceptors (Lipinski definition) is 3. The van der Waals surface area contributed by atoms with Gasteiger partial charge in [0.15, 0.2) is 0 Å². The molecule has 1 aromatic carbocycles. The number of hydrogen-bond donors (Lipinski definition) is 0. The number of nitrogens with zero attached hydrogens (tertiary/aromatic N) is 1. The molecule has 2 aromatic rings. The Balaban J connectivity index is 1.83. The molecule has 122 valence electrons. The molecule has 0 N–H and O–H groups in total. The molecule has 1 aliphatic heterocycles. The summed E-state index contributed by atoms with van der Waals surface area (Å²) in [6.07, 6.45) is 1.94. The van der Waals surface area contributed by atoms with E-state index >= 15 is 0 Å². The number of carbonyl (C=O) groups excluding carboxylic acids is 1. The Morgan fingerprint density at radius 2 is 2.30 bits per heavy atom. The van der Waals surface area contributed by atoms with Crippen LogP contribution in [0.1, 0.15) is 28.1 Å². The van der Waals surface area contributed by atoms with Gasteiger partial charge in [0.25, 0.3) is 5.91 Å². The normalized spacial score (nSPS) is 17.4. The van der Waals surface area contributed by atoms with Gasteiger partial charge in [0, 0.05) is 23.1 Å². The van der Waals surface area contributed by atoms with Crippen LogP contribution in [0.2, 0.25) is 5.02 Å². The Morgan fingerprint density at radius 3 is 3.00 bits per heavy atom. The van der Waals surface area contributed by atoms with E-state index in [0.717, 1.165) is 24.3 Å². The van der Waals surface area contributed by atoms with E-state index in [1.165, 1.54) is 18.2 Å². The van der Waals surface area contributed by atoms with Crippen LogP contribution >= 0.6 is 22.9 Å². The van der Waals surface area contributed by atoms with E-state index < -0.39 is 5.82 Å². The van der Waals surface area contributed by atoms with Gasteiger partial charge >= 0.3 is 0 Å². The molecule has 3 nitrogen and oxygen atoms in total. The van der Waals surface area contributed by atoms with Crippen LogP contribution in [-0.4, -0.2) is 30.1 Å². The van der Waals surface area contributed by atoms with Gasteiger partial charge in [0.2, 0.25) is 0 Å². The lowest BCUT2D eigenvalue weighted by atomic mass is 10.1. The predicted molar refractivity (Wildman–Crippen MR) is 89.4 cm³/mol. The van der Waals surface area contributed by atoms with Crippen molar-refractivity contribution in [3.63, 3.8) is 0 Å².